The molecule has 0 saturated heterocycles. The fourth-order valence-electron chi connectivity index (χ4n) is 2.11. The number of carbonyl (C=O) groups excluding carboxylic acids is 1. The molecule has 0 saturated carbocycles. The van der Waals surface area contributed by atoms with E-state index in [0.717, 1.165) is 10.9 Å². The molecular weight excluding hydrogens is 268 g/mol. The van der Waals surface area contributed by atoms with E-state index in [-0.39, 0.29) is 5.91 Å². The Balaban J connectivity index is 1.92. The Kier molecular flexibility index (Phi) is 3.53. The van der Waals surface area contributed by atoms with Crippen LogP contribution in [0.5, 0.6) is 0 Å². The number of para-hydroxylation sites is 1. The summed E-state index contributed by atoms with van der Waals surface area (Å²) in [6.45, 7) is 0.400. The number of furan rings is 1. The van der Waals surface area contributed by atoms with E-state index < -0.39 is 0 Å². The Morgan fingerprint density at radius 1 is 1.29 bits per heavy atom. The van der Waals surface area contributed by atoms with Crippen LogP contribution in [-0.2, 0) is 6.54 Å². The molecular formula is C15H14N4O2. The number of hydrogen-bond donors (Lipinski definition) is 3. The Morgan fingerprint density at radius 2 is 2.14 bits per heavy atom. The summed E-state index contributed by atoms with van der Waals surface area (Å²) in [5, 5.41) is 3.63. The topological polar surface area (TPSA) is 93.2 Å². The average Bonchev–Trinajstić information content (AvgIpc) is 3.05. The van der Waals surface area contributed by atoms with E-state index >= 15 is 0 Å². The van der Waals surface area contributed by atoms with Gasteiger partial charge in [0.2, 0.25) is 0 Å². The summed E-state index contributed by atoms with van der Waals surface area (Å²) in [6.07, 6.45) is 3.16. The van der Waals surface area contributed by atoms with Gasteiger partial charge in [-0.1, -0.05) is 18.2 Å². The highest BCUT2D eigenvalue weighted by atomic mass is 16.3. The van der Waals surface area contributed by atoms with E-state index in [1.165, 1.54) is 0 Å². The number of hydrazine groups is 1. The van der Waals surface area contributed by atoms with Crippen molar-refractivity contribution >= 4 is 22.6 Å². The Labute approximate surface area is 120 Å². The third-order valence-corrected chi connectivity index (χ3v) is 3.14. The molecule has 0 aliphatic carbocycles. The summed E-state index contributed by atoms with van der Waals surface area (Å²) in [4.78, 5) is 16.7. The van der Waals surface area contributed by atoms with Crippen LogP contribution in [0.1, 0.15) is 15.9 Å². The van der Waals surface area contributed by atoms with Crippen molar-refractivity contribution in [2.75, 3.05) is 5.43 Å². The monoisotopic (exact) mass is 282 g/mol. The second kappa shape index (κ2) is 5.64. The molecule has 6 nitrogen and oxygen atoms in total. The molecule has 3 rings (SSSR count). The van der Waals surface area contributed by atoms with Crippen molar-refractivity contribution in [1.29, 1.82) is 0 Å². The molecule has 0 atom stereocenters. The van der Waals surface area contributed by atoms with Crippen LogP contribution in [0.3, 0.4) is 0 Å². The highest BCUT2D eigenvalue weighted by Gasteiger charge is 2.12. The van der Waals surface area contributed by atoms with Crippen LogP contribution in [0.15, 0.2) is 53.3 Å². The van der Waals surface area contributed by atoms with Crippen molar-refractivity contribution in [2.24, 2.45) is 5.84 Å². The number of nitrogens with two attached hydrogens (primary N) is 1. The Bertz CT molecular complexity index is 768. The van der Waals surface area contributed by atoms with Gasteiger partial charge >= 0.3 is 0 Å². The number of rotatable bonds is 4. The number of amides is 1. The van der Waals surface area contributed by atoms with E-state index in [4.69, 9.17) is 10.3 Å². The number of nitrogens with zero attached hydrogens (tertiary/aromatic N) is 1. The summed E-state index contributed by atoms with van der Waals surface area (Å²) in [6, 6.07) is 10.9. The molecule has 2 aromatic heterocycles. The van der Waals surface area contributed by atoms with Crippen LogP contribution in [0.2, 0.25) is 0 Å². The van der Waals surface area contributed by atoms with Crippen LogP contribution in [0.25, 0.3) is 10.9 Å². The van der Waals surface area contributed by atoms with Crippen molar-refractivity contribution < 1.29 is 9.21 Å². The zero-order valence-corrected chi connectivity index (χ0v) is 11.2. The molecule has 0 aliphatic rings. The third kappa shape index (κ3) is 2.70. The van der Waals surface area contributed by atoms with Crippen LogP contribution in [-0.4, -0.2) is 10.9 Å². The minimum Gasteiger partial charge on any atom is -0.472 e. The number of nitrogen functional groups attached to an aromatic ring is 1. The second-order valence-corrected chi connectivity index (χ2v) is 4.53. The molecule has 0 spiro atoms. The maximum absolute atomic E-state index is 12.4. The van der Waals surface area contributed by atoms with E-state index in [0.29, 0.717) is 23.4 Å². The molecule has 4 N–H and O–H groups in total. The first-order valence-corrected chi connectivity index (χ1v) is 6.43. The molecule has 0 fully saturated rings. The van der Waals surface area contributed by atoms with Crippen molar-refractivity contribution in [1.82, 2.24) is 10.3 Å². The maximum atomic E-state index is 12.4. The van der Waals surface area contributed by atoms with Crippen molar-refractivity contribution in [2.45, 2.75) is 6.54 Å². The molecule has 0 unspecified atom stereocenters. The largest absolute Gasteiger partial charge is 0.472 e. The van der Waals surface area contributed by atoms with Crippen molar-refractivity contribution in [3.63, 3.8) is 0 Å². The normalized spacial score (nSPS) is 10.5. The molecule has 0 bridgehead atoms. The van der Waals surface area contributed by atoms with Gasteiger partial charge in [0.15, 0.2) is 0 Å². The maximum Gasteiger partial charge on any atom is 0.252 e. The number of pyridine rings is 1. The number of benzene rings is 1. The van der Waals surface area contributed by atoms with Gasteiger partial charge in [-0.05, 0) is 18.2 Å². The molecule has 0 radical (unpaired) electrons. The third-order valence-electron chi connectivity index (χ3n) is 3.14. The summed E-state index contributed by atoms with van der Waals surface area (Å²) < 4.78 is 4.97. The lowest BCUT2D eigenvalue weighted by Gasteiger charge is -2.09. The summed E-state index contributed by atoms with van der Waals surface area (Å²) in [5.41, 5.74) is 4.61. The van der Waals surface area contributed by atoms with E-state index in [1.807, 2.05) is 24.3 Å². The van der Waals surface area contributed by atoms with Crippen LogP contribution in [0.4, 0.5) is 5.82 Å². The van der Waals surface area contributed by atoms with Gasteiger partial charge in [0.25, 0.3) is 5.91 Å². The standard InChI is InChI=1S/C15H14N4O2/c16-19-14-7-12(11-3-1-2-4-13(11)18-14)15(20)17-8-10-5-6-21-9-10/h1-7,9H,8,16H2,(H,17,20)(H,18,19). The second-order valence-electron chi connectivity index (χ2n) is 4.53. The fraction of sp³-hybridized carbons (Fsp3) is 0.0667. The van der Waals surface area contributed by atoms with Gasteiger partial charge < -0.3 is 15.2 Å². The van der Waals surface area contributed by atoms with Gasteiger partial charge in [-0.15, -0.1) is 0 Å². The van der Waals surface area contributed by atoms with Crippen molar-refractivity contribution in [3.05, 3.63) is 60.1 Å². The first-order chi connectivity index (χ1) is 10.3. The fourth-order valence-corrected chi connectivity index (χ4v) is 2.11. The quantitative estimate of drug-likeness (QED) is 0.503. The average molecular weight is 282 g/mol. The minimum absolute atomic E-state index is 0.189. The number of nitrogens with one attached hydrogen (secondary N) is 2. The predicted octanol–water partition coefficient (Wildman–Crippen LogP) is 2.04. The van der Waals surface area contributed by atoms with E-state index in [2.05, 4.69) is 15.7 Å². The zero-order chi connectivity index (χ0) is 14.7. The summed E-state index contributed by atoms with van der Waals surface area (Å²) in [5.74, 6) is 5.66. The Morgan fingerprint density at radius 3 is 2.90 bits per heavy atom. The molecule has 0 aliphatic heterocycles. The number of hydrogen-bond acceptors (Lipinski definition) is 5. The Hall–Kier alpha value is -2.86. The highest BCUT2D eigenvalue weighted by molar-refractivity contribution is 6.06. The SMILES string of the molecule is NNc1cc(C(=O)NCc2ccoc2)c2ccccc2n1. The van der Waals surface area contributed by atoms with E-state index in [1.54, 1.807) is 24.7 Å². The number of carbonyl (C=O) groups is 1. The van der Waals surface area contributed by atoms with Gasteiger partial charge in [0.05, 0.1) is 23.6 Å². The molecule has 3 aromatic rings. The molecule has 2 heterocycles. The number of fused-ring (bicyclic) bond motifs is 1. The number of anilines is 1. The highest BCUT2D eigenvalue weighted by Crippen LogP contribution is 2.20. The van der Waals surface area contributed by atoms with Crippen LogP contribution in [0, 0.1) is 0 Å². The smallest absolute Gasteiger partial charge is 0.252 e. The zero-order valence-electron chi connectivity index (χ0n) is 11.2. The van der Waals surface area contributed by atoms with Crippen molar-refractivity contribution in [3.8, 4) is 0 Å². The lowest BCUT2D eigenvalue weighted by molar-refractivity contribution is 0.0952. The first kappa shape index (κ1) is 13.1. The molecule has 21 heavy (non-hydrogen) atoms. The lowest BCUT2D eigenvalue weighted by atomic mass is 10.1. The molecule has 1 aromatic carbocycles. The van der Waals surface area contributed by atoms with Gasteiger partial charge in [0, 0.05) is 17.5 Å². The number of aromatic nitrogens is 1. The summed E-state index contributed by atoms with van der Waals surface area (Å²) in [7, 11) is 0. The lowest BCUT2D eigenvalue weighted by Crippen LogP contribution is -2.23. The molecule has 106 valence electrons. The van der Waals surface area contributed by atoms with Crippen LogP contribution >= 0.6 is 0 Å². The molecule has 6 heteroatoms. The predicted molar refractivity (Wildman–Crippen MR) is 79.4 cm³/mol. The van der Waals surface area contributed by atoms with E-state index in [9.17, 15) is 4.79 Å². The van der Waals surface area contributed by atoms with Gasteiger partial charge in [-0.3, -0.25) is 4.79 Å². The molecule has 1 amide bonds. The minimum atomic E-state index is -0.189. The first-order valence-electron chi connectivity index (χ1n) is 6.43. The van der Waals surface area contributed by atoms with Gasteiger partial charge in [-0.25, -0.2) is 10.8 Å². The summed E-state index contributed by atoms with van der Waals surface area (Å²) >= 11 is 0. The van der Waals surface area contributed by atoms with Crippen LogP contribution < -0.4 is 16.6 Å². The van der Waals surface area contributed by atoms with Gasteiger partial charge in [0.1, 0.15) is 5.82 Å². The van der Waals surface area contributed by atoms with Gasteiger partial charge in [-0.2, -0.15) is 0 Å².